The minimum absolute atomic E-state index is 0.148. The third-order valence-corrected chi connectivity index (χ3v) is 4.50. The topological polar surface area (TPSA) is 45.7 Å². The first kappa shape index (κ1) is 14.6. The van der Waals surface area contributed by atoms with Crippen LogP contribution in [0.4, 0.5) is 5.82 Å². The Morgan fingerprint density at radius 2 is 2.38 bits per heavy atom. The van der Waals surface area contributed by atoms with E-state index in [1.807, 2.05) is 22.9 Å². The Labute approximate surface area is 129 Å². The van der Waals surface area contributed by atoms with Crippen LogP contribution < -0.4 is 4.90 Å². The predicted octanol–water partition coefficient (Wildman–Crippen LogP) is 1.95. The average Bonchev–Trinajstić information content (AvgIpc) is 2.96. The van der Waals surface area contributed by atoms with Crippen molar-refractivity contribution < 1.29 is 9.53 Å². The second-order valence-electron chi connectivity index (χ2n) is 5.69. The van der Waals surface area contributed by atoms with E-state index in [4.69, 9.17) is 16.3 Å². The molecule has 2 aliphatic rings. The highest BCUT2D eigenvalue weighted by Crippen LogP contribution is 2.29. The largest absolute Gasteiger partial charge is 0.374 e. The van der Waals surface area contributed by atoms with Crippen molar-refractivity contribution in [1.29, 1.82) is 0 Å². The number of anilines is 1. The molecule has 1 aromatic heterocycles. The van der Waals surface area contributed by atoms with Gasteiger partial charge in [0.1, 0.15) is 5.82 Å². The molecule has 0 unspecified atom stereocenters. The van der Waals surface area contributed by atoms with Crippen molar-refractivity contribution in [2.75, 3.05) is 31.6 Å². The number of carbonyl (C=O) groups is 1. The highest BCUT2D eigenvalue weighted by atomic mass is 35.5. The van der Waals surface area contributed by atoms with Crippen LogP contribution in [0, 0.1) is 0 Å². The molecular weight excluding hydrogens is 290 g/mol. The van der Waals surface area contributed by atoms with Gasteiger partial charge >= 0.3 is 0 Å². The Morgan fingerprint density at radius 3 is 3.14 bits per heavy atom. The fourth-order valence-electron chi connectivity index (χ4n) is 3.20. The lowest BCUT2D eigenvalue weighted by Crippen LogP contribution is -2.53. The zero-order valence-electron chi connectivity index (χ0n) is 12.2. The molecule has 5 nitrogen and oxygen atoms in total. The van der Waals surface area contributed by atoms with Crippen LogP contribution in [0.15, 0.2) is 18.3 Å². The second-order valence-corrected chi connectivity index (χ2v) is 6.12. The normalized spacial score (nSPS) is 24.8. The Morgan fingerprint density at radius 1 is 1.52 bits per heavy atom. The van der Waals surface area contributed by atoms with Gasteiger partial charge in [0.05, 0.1) is 30.3 Å². The van der Waals surface area contributed by atoms with E-state index in [2.05, 4.69) is 4.98 Å². The number of ether oxygens (including phenoxy) is 1. The van der Waals surface area contributed by atoms with Gasteiger partial charge in [0.2, 0.25) is 5.91 Å². The van der Waals surface area contributed by atoms with Crippen LogP contribution in [0.5, 0.6) is 0 Å². The zero-order valence-corrected chi connectivity index (χ0v) is 12.9. The van der Waals surface area contributed by atoms with Crippen molar-refractivity contribution in [1.82, 2.24) is 9.88 Å². The van der Waals surface area contributed by atoms with Gasteiger partial charge in [-0.25, -0.2) is 4.98 Å². The number of morpholine rings is 1. The summed E-state index contributed by atoms with van der Waals surface area (Å²) in [5.74, 6) is 0.901. The summed E-state index contributed by atoms with van der Waals surface area (Å²) >= 11 is 5.83. The molecule has 6 heteroatoms. The Hall–Kier alpha value is -1.33. The molecular formula is C15H20ClN3O2. The number of halogens is 1. The van der Waals surface area contributed by atoms with E-state index in [0.29, 0.717) is 24.7 Å². The summed E-state index contributed by atoms with van der Waals surface area (Å²) in [6.45, 7) is 1.68. The molecule has 114 valence electrons. The van der Waals surface area contributed by atoms with E-state index < -0.39 is 0 Å². The van der Waals surface area contributed by atoms with E-state index in [1.165, 1.54) is 0 Å². The van der Waals surface area contributed by atoms with Crippen LogP contribution in [-0.2, 0) is 9.53 Å². The summed E-state index contributed by atoms with van der Waals surface area (Å²) in [5, 5.41) is 0.598. The van der Waals surface area contributed by atoms with Gasteiger partial charge in [-0.1, -0.05) is 11.6 Å². The van der Waals surface area contributed by atoms with Gasteiger partial charge in [0, 0.05) is 19.8 Å². The number of nitrogens with zero attached hydrogens (tertiary/aromatic N) is 3. The summed E-state index contributed by atoms with van der Waals surface area (Å²) < 4.78 is 5.75. The standard InChI is InChI=1S/C15H20ClN3O2/c1-18(14-6-5-11(16)9-17-14)10-15(20)19-7-8-21-13-4-2-3-12(13)19/h5-6,9,12-13H,2-4,7-8,10H2,1H3/t12-,13-/m0/s1. The van der Waals surface area contributed by atoms with Crippen LogP contribution in [0.3, 0.4) is 0 Å². The second kappa shape index (κ2) is 6.20. The molecule has 0 aromatic carbocycles. The smallest absolute Gasteiger partial charge is 0.242 e. The molecule has 2 atom stereocenters. The molecule has 1 saturated heterocycles. The minimum atomic E-state index is 0.148. The number of likely N-dealkylation sites (N-methyl/N-ethyl adjacent to an activating group) is 1. The molecule has 1 aromatic rings. The van der Waals surface area contributed by atoms with Crippen LogP contribution >= 0.6 is 11.6 Å². The van der Waals surface area contributed by atoms with Crippen molar-refractivity contribution in [3.63, 3.8) is 0 Å². The number of amides is 1. The van der Waals surface area contributed by atoms with Gasteiger partial charge in [-0.3, -0.25) is 4.79 Å². The van der Waals surface area contributed by atoms with E-state index in [-0.39, 0.29) is 18.1 Å². The van der Waals surface area contributed by atoms with Crippen LogP contribution in [0.1, 0.15) is 19.3 Å². The quantitative estimate of drug-likeness (QED) is 0.856. The maximum Gasteiger partial charge on any atom is 0.242 e. The molecule has 1 saturated carbocycles. The Bertz CT molecular complexity index is 508. The van der Waals surface area contributed by atoms with Gasteiger partial charge in [0.25, 0.3) is 0 Å². The molecule has 3 rings (SSSR count). The predicted molar refractivity (Wildman–Crippen MR) is 81.6 cm³/mol. The number of aromatic nitrogens is 1. The fourth-order valence-corrected chi connectivity index (χ4v) is 3.32. The Kier molecular flexibility index (Phi) is 4.31. The molecule has 1 aliphatic heterocycles. The van der Waals surface area contributed by atoms with Gasteiger partial charge in [-0.05, 0) is 31.4 Å². The first-order valence-corrected chi connectivity index (χ1v) is 7.77. The number of fused-ring (bicyclic) bond motifs is 1. The van der Waals surface area contributed by atoms with Crippen molar-refractivity contribution in [2.45, 2.75) is 31.4 Å². The third-order valence-electron chi connectivity index (χ3n) is 4.28. The molecule has 21 heavy (non-hydrogen) atoms. The van der Waals surface area contributed by atoms with Crippen molar-refractivity contribution in [2.24, 2.45) is 0 Å². The number of hydrogen-bond donors (Lipinski definition) is 0. The number of carbonyl (C=O) groups excluding carboxylic acids is 1. The van der Waals surface area contributed by atoms with E-state index in [9.17, 15) is 4.79 Å². The van der Waals surface area contributed by atoms with Crippen molar-refractivity contribution in [3.8, 4) is 0 Å². The van der Waals surface area contributed by atoms with E-state index in [0.717, 1.165) is 25.1 Å². The SMILES string of the molecule is CN(CC(=O)N1CCO[C@H]2CCC[C@@H]21)c1ccc(Cl)cn1. The monoisotopic (exact) mass is 309 g/mol. The molecule has 2 fully saturated rings. The zero-order chi connectivity index (χ0) is 14.8. The summed E-state index contributed by atoms with van der Waals surface area (Å²) in [7, 11) is 1.88. The number of rotatable bonds is 3. The lowest BCUT2D eigenvalue weighted by molar-refractivity contribution is -0.142. The first-order valence-electron chi connectivity index (χ1n) is 7.39. The van der Waals surface area contributed by atoms with Crippen LogP contribution in [-0.4, -0.2) is 54.7 Å². The molecule has 0 N–H and O–H groups in total. The summed E-state index contributed by atoms with van der Waals surface area (Å²) in [6.07, 6.45) is 5.11. The maximum atomic E-state index is 12.6. The molecule has 0 radical (unpaired) electrons. The lowest BCUT2D eigenvalue weighted by Gasteiger charge is -2.38. The fraction of sp³-hybridized carbons (Fsp3) is 0.600. The Balaban J connectivity index is 1.64. The highest BCUT2D eigenvalue weighted by Gasteiger charge is 2.38. The van der Waals surface area contributed by atoms with E-state index >= 15 is 0 Å². The molecule has 0 bridgehead atoms. The third kappa shape index (κ3) is 3.14. The maximum absolute atomic E-state index is 12.6. The van der Waals surface area contributed by atoms with Crippen LogP contribution in [0.2, 0.25) is 5.02 Å². The number of hydrogen-bond acceptors (Lipinski definition) is 4. The molecule has 2 heterocycles. The molecule has 1 amide bonds. The molecule has 0 spiro atoms. The van der Waals surface area contributed by atoms with Gasteiger partial charge in [0.15, 0.2) is 0 Å². The van der Waals surface area contributed by atoms with Crippen molar-refractivity contribution >= 4 is 23.3 Å². The highest BCUT2D eigenvalue weighted by molar-refractivity contribution is 6.30. The number of pyridine rings is 1. The summed E-state index contributed by atoms with van der Waals surface area (Å²) in [5.41, 5.74) is 0. The summed E-state index contributed by atoms with van der Waals surface area (Å²) in [6, 6.07) is 3.87. The lowest BCUT2D eigenvalue weighted by atomic mass is 10.1. The average molecular weight is 310 g/mol. The van der Waals surface area contributed by atoms with Gasteiger partial charge in [-0.15, -0.1) is 0 Å². The van der Waals surface area contributed by atoms with Gasteiger partial charge in [-0.2, -0.15) is 0 Å². The minimum Gasteiger partial charge on any atom is -0.374 e. The van der Waals surface area contributed by atoms with Crippen LogP contribution in [0.25, 0.3) is 0 Å². The first-order chi connectivity index (χ1) is 10.1. The molecule has 1 aliphatic carbocycles. The summed E-state index contributed by atoms with van der Waals surface area (Å²) in [4.78, 5) is 20.7. The van der Waals surface area contributed by atoms with Crippen molar-refractivity contribution in [3.05, 3.63) is 23.4 Å². The van der Waals surface area contributed by atoms with E-state index in [1.54, 1.807) is 12.3 Å². The van der Waals surface area contributed by atoms with Gasteiger partial charge < -0.3 is 14.5 Å².